The molecule has 3 aromatic rings. The summed E-state index contributed by atoms with van der Waals surface area (Å²) < 4.78 is 11.7. The fourth-order valence-electron chi connectivity index (χ4n) is 7.32. The van der Waals surface area contributed by atoms with E-state index in [0.29, 0.717) is 6.42 Å². The molecule has 7 atom stereocenters. The normalized spacial score (nSPS) is 25.8. The van der Waals surface area contributed by atoms with Gasteiger partial charge in [0.2, 0.25) is 0 Å². The Morgan fingerprint density at radius 2 is 1.52 bits per heavy atom. The molecule has 7 N–H and O–H groups in total. The first-order valence-corrected chi connectivity index (χ1v) is 16.9. The van der Waals surface area contributed by atoms with E-state index in [9.17, 15) is 25.5 Å². The van der Waals surface area contributed by atoms with Gasteiger partial charge in [-0.2, -0.15) is 0 Å². The second-order valence-corrected chi connectivity index (χ2v) is 13.4. The van der Waals surface area contributed by atoms with Gasteiger partial charge >= 0.3 is 0 Å². The van der Waals surface area contributed by atoms with Crippen molar-refractivity contribution < 1.29 is 35.0 Å². The lowest BCUT2D eigenvalue weighted by Crippen LogP contribution is -2.59. The van der Waals surface area contributed by atoms with Crippen molar-refractivity contribution in [3.8, 4) is 0 Å². The Bertz CT molecular complexity index is 1880. The summed E-state index contributed by atoms with van der Waals surface area (Å²) >= 11 is 0. The second-order valence-electron chi connectivity index (χ2n) is 13.4. The van der Waals surface area contributed by atoms with Crippen molar-refractivity contribution >= 4 is 33.7 Å². The summed E-state index contributed by atoms with van der Waals surface area (Å²) in [6, 6.07) is 6.26. The van der Waals surface area contributed by atoms with Gasteiger partial charge in [-0.3, -0.25) is 4.98 Å². The lowest BCUT2D eigenvalue weighted by Gasteiger charge is -2.39. The highest BCUT2D eigenvalue weighted by Crippen LogP contribution is 2.42. The standard InChI is InChI=1S/C37H48N4O7/c1-7-22-18(3)28-14-31-24(16-47-37-36(46)35(45)34(44)32(15-43)48-37)20(5)27(40-31)13-29-19(4)23(9-8-10-42)33(41-29)21(6)26-11-17(2)25(38-26)12-30(22)39-28/h11-14,19,23,32,34-37,39-40,42-46H,7-10,15-16H2,1-6H3/t19-,23-,32+,34+,35-,36+,37+/m0/s1. The van der Waals surface area contributed by atoms with Gasteiger partial charge in [0.1, 0.15) is 24.4 Å². The first kappa shape index (κ1) is 34.4. The molecule has 1 saturated heterocycles. The molecule has 0 amide bonds. The van der Waals surface area contributed by atoms with Gasteiger partial charge in [0.05, 0.1) is 24.6 Å². The first-order chi connectivity index (χ1) is 23.0. The molecule has 8 bridgehead atoms. The number of ether oxygens (including phenoxy) is 2. The summed E-state index contributed by atoms with van der Waals surface area (Å²) in [7, 11) is 0. The fourth-order valence-corrected chi connectivity index (χ4v) is 7.32. The SMILES string of the molecule is CCc1c(C)c2cc3[nH]c(cc4nc(c(C)c5nc(cc1[nH]2)C(C)=C5)[C@@H](CCCO)[C@@H]4C)c(C)c3CO[C@@H]1O[C@H](CO)[C@@H](O)[C@H](O)[C@H]1O. The topological polar surface area (TPSA) is 177 Å². The molecule has 11 heteroatoms. The largest absolute Gasteiger partial charge is 0.396 e. The zero-order valence-corrected chi connectivity index (χ0v) is 28.5. The Kier molecular flexibility index (Phi) is 9.93. The highest BCUT2D eigenvalue weighted by atomic mass is 16.7. The van der Waals surface area contributed by atoms with Gasteiger partial charge in [-0.1, -0.05) is 13.8 Å². The third-order valence-electron chi connectivity index (χ3n) is 10.5. The van der Waals surface area contributed by atoms with E-state index in [-0.39, 0.29) is 25.0 Å². The Morgan fingerprint density at radius 1 is 0.833 bits per heavy atom. The molecule has 3 aliphatic rings. The number of allylic oxidation sites excluding steroid dienone is 1. The zero-order valence-electron chi connectivity index (χ0n) is 28.5. The lowest BCUT2D eigenvalue weighted by atomic mass is 9.86. The Balaban J connectivity index is 1.58. The third kappa shape index (κ3) is 6.13. The van der Waals surface area contributed by atoms with Crippen LogP contribution in [0.25, 0.3) is 33.7 Å². The van der Waals surface area contributed by atoms with Crippen molar-refractivity contribution in [3.05, 3.63) is 68.8 Å². The number of aromatic nitrogens is 4. The maximum Gasteiger partial charge on any atom is 0.187 e. The second kappa shape index (κ2) is 13.8. The minimum Gasteiger partial charge on any atom is -0.396 e. The van der Waals surface area contributed by atoms with Crippen LogP contribution in [-0.2, 0) is 22.5 Å². The van der Waals surface area contributed by atoms with E-state index in [1.165, 1.54) is 5.56 Å². The minimum absolute atomic E-state index is 0.0224. The highest BCUT2D eigenvalue weighted by Gasteiger charge is 2.44. The first-order valence-electron chi connectivity index (χ1n) is 16.9. The van der Waals surface area contributed by atoms with Gasteiger partial charge in [0.15, 0.2) is 6.29 Å². The number of nitrogens with zero attached hydrogens (tertiary/aromatic N) is 2. The average Bonchev–Trinajstić information content (AvgIpc) is 3.77. The van der Waals surface area contributed by atoms with E-state index in [1.807, 2.05) is 6.92 Å². The number of fused-ring (bicyclic) bond motifs is 8. The van der Waals surface area contributed by atoms with Gasteiger partial charge in [0, 0.05) is 57.5 Å². The predicted molar refractivity (Wildman–Crippen MR) is 184 cm³/mol. The van der Waals surface area contributed by atoms with Crippen LogP contribution in [0.5, 0.6) is 0 Å². The molecule has 0 unspecified atom stereocenters. The van der Waals surface area contributed by atoms with E-state index in [0.717, 1.165) is 85.5 Å². The quantitative estimate of drug-likeness (QED) is 0.185. The number of H-pyrrole nitrogens is 2. The Labute approximate surface area is 280 Å². The van der Waals surface area contributed by atoms with Gasteiger partial charge < -0.3 is 45.0 Å². The smallest absolute Gasteiger partial charge is 0.187 e. The molecule has 6 rings (SSSR count). The van der Waals surface area contributed by atoms with Crippen molar-refractivity contribution in [2.24, 2.45) is 0 Å². The summed E-state index contributed by atoms with van der Waals surface area (Å²) in [6.45, 7) is 12.2. The fraction of sp³-hybridized carbons (Fsp3) is 0.514. The minimum atomic E-state index is -1.53. The number of nitrogens with one attached hydrogen (secondary N) is 2. The van der Waals surface area contributed by atoms with Gasteiger partial charge in [-0.15, -0.1) is 0 Å². The molecule has 0 saturated carbocycles. The van der Waals surface area contributed by atoms with Crippen molar-refractivity contribution in [2.75, 3.05) is 13.2 Å². The van der Waals surface area contributed by atoms with Gasteiger partial charge in [-0.05, 0) is 99.1 Å². The summed E-state index contributed by atoms with van der Waals surface area (Å²) in [6.07, 6.45) is -2.39. The molecular weight excluding hydrogens is 612 g/mol. The van der Waals surface area contributed by atoms with Crippen LogP contribution in [0.3, 0.4) is 0 Å². The number of aliphatic hydroxyl groups is 5. The van der Waals surface area contributed by atoms with E-state index >= 15 is 0 Å². The monoisotopic (exact) mass is 660 g/mol. The van der Waals surface area contributed by atoms with Crippen molar-refractivity contribution in [2.45, 2.75) is 110 Å². The number of hydrogen-bond acceptors (Lipinski definition) is 9. The molecule has 6 heterocycles. The van der Waals surface area contributed by atoms with E-state index in [2.05, 4.69) is 68.9 Å². The van der Waals surface area contributed by atoms with Gasteiger partial charge in [0.25, 0.3) is 0 Å². The number of hydrogen-bond donors (Lipinski definition) is 7. The number of aromatic amines is 2. The van der Waals surface area contributed by atoms with E-state index in [1.54, 1.807) is 0 Å². The Hall–Kier alpha value is -3.42. The van der Waals surface area contributed by atoms with Crippen LogP contribution in [-0.4, -0.2) is 89.4 Å². The molecule has 0 aromatic carbocycles. The lowest BCUT2D eigenvalue weighted by molar-refractivity contribution is -0.304. The highest BCUT2D eigenvalue weighted by molar-refractivity contribution is 5.85. The third-order valence-corrected chi connectivity index (χ3v) is 10.5. The summed E-state index contributed by atoms with van der Waals surface area (Å²) in [4.78, 5) is 17.5. The van der Waals surface area contributed by atoms with Gasteiger partial charge in [-0.25, -0.2) is 4.98 Å². The number of rotatable bonds is 8. The summed E-state index contributed by atoms with van der Waals surface area (Å²) in [5.41, 5.74) is 13.5. The van der Waals surface area contributed by atoms with Crippen LogP contribution >= 0.6 is 0 Å². The number of aryl methyl sites for hydroxylation is 3. The summed E-state index contributed by atoms with van der Waals surface area (Å²) in [5, 5.41) is 50.6. The van der Waals surface area contributed by atoms with Crippen LogP contribution in [0.4, 0.5) is 0 Å². The molecule has 0 radical (unpaired) electrons. The van der Waals surface area contributed by atoms with E-state index < -0.39 is 37.3 Å². The summed E-state index contributed by atoms with van der Waals surface area (Å²) in [5.74, 6) is 0.224. The van der Waals surface area contributed by atoms with Crippen LogP contribution in [0, 0.1) is 20.8 Å². The predicted octanol–water partition coefficient (Wildman–Crippen LogP) is 4.34. The molecule has 11 nitrogen and oxygen atoms in total. The maximum atomic E-state index is 10.6. The van der Waals surface area contributed by atoms with Crippen molar-refractivity contribution in [3.63, 3.8) is 0 Å². The Morgan fingerprint density at radius 3 is 2.21 bits per heavy atom. The molecular formula is C37H48N4O7. The number of aliphatic hydroxyl groups excluding tert-OH is 5. The molecule has 0 spiro atoms. The van der Waals surface area contributed by atoms with E-state index in [4.69, 9.17) is 19.4 Å². The molecule has 258 valence electrons. The molecule has 0 aliphatic carbocycles. The molecule has 48 heavy (non-hydrogen) atoms. The molecule has 3 aliphatic heterocycles. The van der Waals surface area contributed by atoms with Crippen LogP contribution in [0.1, 0.15) is 96.0 Å². The van der Waals surface area contributed by atoms with Crippen LogP contribution in [0.15, 0.2) is 18.2 Å². The van der Waals surface area contributed by atoms with Crippen molar-refractivity contribution in [1.29, 1.82) is 0 Å². The zero-order chi connectivity index (χ0) is 34.4. The molecule has 1 fully saturated rings. The van der Waals surface area contributed by atoms with Crippen LogP contribution in [0.2, 0.25) is 0 Å². The van der Waals surface area contributed by atoms with Crippen LogP contribution < -0.4 is 0 Å². The maximum absolute atomic E-state index is 10.6. The van der Waals surface area contributed by atoms with Crippen molar-refractivity contribution in [1.82, 2.24) is 19.9 Å². The average molecular weight is 661 g/mol. The molecule has 3 aromatic heterocycles.